The number of methoxy groups -OCH3 is 1. The number of hydrogen-bond acceptors (Lipinski definition) is 3. The van der Waals surface area contributed by atoms with E-state index in [-0.39, 0.29) is 5.97 Å². The van der Waals surface area contributed by atoms with Crippen molar-refractivity contribution in [2.24, 2.45) is 10.9 Å². The number of hydrogen-bond donors (Lipinski definition) is 2. The second-order valence-electron chi connectivity index (χ2n) is 6.25. The zero-order chi connectivity index (χ0) is 16.2. The van der Waals surface area contributed by atoms with Crippen LogP contribution in [-0.2, 0) is 9.53 Å². The van der Waals surface area contributed by atoms with Crippen LogP contribution in [-0.4, -0.2) is 38.2 Å². The van der Waals surface area contributed by atoms with E-state index in [1.54, 1.807) is 0 Å². The molecule has 5 nitrogen and oxygen atoms in total. The summed E-state index contributed by atoms with van der Waals surface area (Å²) in [6, 6.07) is 0.563. The van der Waals surface area contributed by atoms with E-state index >= 15 is 0 Å². The lowest BCUT2D eigenvalue weighted by molar-refractivity contribution is -0.140. The Morgan fingerprint density at radius 2 is 1.91 bits per heavy atom. The fraction of sp³-hybridized carbons (Fsp3) is 0.882. The van der Waals surface area contributed by atoms with Crippen LogP contribution in [0.5, 0.6) is 0 Å². The Kier molecular flexibility index (Phi) is 9.67. The van der Waals surface area contributed by atoms with Crippen LogP contribution in [0.4, 0.5) is 0 Å². The zero-order valence-electron chi connectivity index (χ0n) is 14.5. The second-order valence-corrected chi connectivity index (χ2v) is 6.25. The van der Waals surface area contributed by atoms with E-state index in [4.69, 9.17) is 0 Å². The van der Waals surface area contributed by atoms with E-state index in [0.29, 0.717) is 12.5 Å². The molecule has 128 valence electrons. The van der Waals surface area contributed by atoms with Gasteiger partial charge in [-0.3, -0.25) is 9.79 Å². The van der Waals surface area contributed by atoms with Gasteiger partial charge in [0.25, 0.3) is 0 Å². The van der Waals surface area contributed by atoms with E-state index < -0.39 is 0 Å². The van der Waals surface area contributed by atoms with Crippen LogP contribution in [0.25, 0.3) is 0 Å². The van der Waals surface area contributed by atoms with Crippen LogP contribution in [0, 0.1) is 5.92 Å². The number of ether oxygens (including phenoxy) is 1. The van der Waals surface area contributed by atoms with Crippen LogP contribution in [0.3, 0.4) is 0 Å². The number of esters is 1. The number of carbonyl (C=O) groups excluding carboxylic acids is 1. The van der Waals surface area contributed by atoms with Crippen LogP contribution in [0.15, 0.2) is 4.99 Å². The Labute approximate surface area is 135 Å². The molecular formula is C17H33N3O2. The molecule has 2 N–H and O–H groups in total. The third kappa shape index (κ3) is 8.25. The Morgan fingerprint density at radius 1 is 1.18 bits per heavy atom. The van der Waals surface area contributed by atoms with Crippen molar-refractivity contribution in [2.45, 2.75) is 71.3 Å². The molecule has 0 aromatic carbocycles. The van der Waals surface area contributed by atoms with Crippen LogP contribution < -0.4 is 10.6 Å². The number of carbonyl (C=O) groups is 1. The SMILES string of the molecule is CCNC(=NCCCCCC(=O)OC)NC1CCC(C)CC1. The Bertz CT molecular complexity index is 337. The molecule has 1 aliphatic carbocycles. The molecule has 1 rings (SSSR count). The number of guanidine groups is 1. The molecule has 1 fully saturated rings. The van der Waals surface area contributed by atoms with Crippen molar-refractivity contribution >= 4 is 11.9 Å². The van der Waals surface area contributed by atoms with Crippen LogP contribution in [0.2, 0.25) is 0 Å². The van der Waals surface area contributed by atoms with Gasteiger partial charge in [-0.05, 0) is 51.4 Å². The molecule has 1 saturated carbocycles. The van der Waals surface area contributed by atoms with Gasteiger partial charge < -0.3 is 15.4 Å². The maximum absolute atomic E-state index is 11.0. The quantitative estimate of drug-likeness (QED) is 0.313. The second kappa shape index (κ2) is 11.3. The number of aliphatic imine (C=N–C) groups is 1. The minimum absolute atomic E-state index is 0.120. The third-order valence-corrected chi connectivity index (χ3v) is 4.24. The van der Waals surface area contributed by atoms with Crippen molar-refractivity contribution in [1.82, 2.24) is 10.6 Å². The summed E-state index contributed by atoms with van der Waals surface area (Å²) in [7, 11) is 1.44. The first kappa shape index (κ1) is 18.8. The standard InChI is InChI=1S/C17H33N3O2/c1-4-18-17(20-15-11-9-14(2)10-12-15)19-13-7-5-6-8-16(21)22-3/h14-15H,4-13H2,1-3H3,(H2,18,19,20). The summed E-state index contributed by atoms with van der Waals surface area (Å²) in [6.45, 7) is 6.12. The zero-order valence-corrected chi connectivity index (χ0v) is 14.5. The van der Waals surface area contributed by atoms with E-state index in [0.717, 1.165) is 44.2 Å². The predicted molar refractivity (Wildman–Crippen MR) is 91.0 cm³/mol. The summed E-state index contributed by atoms with van der Waals surface area (Å²) in [6.07, 6.45) is 8.52. The Balaban J connectivity index is 2.22. The summed E-state index contributed by atoms with van der Waals surface area (Å²) >= 11 is 0. The number of unbranched alkanes of at least 4 members (excludes halogenated alkanes) is 2. The van der Waals surface area contributed by atoms with Crippen LogP contribution in [0.1, 0.15) is 65.2 Å². The number of nitrogens with one attached hydrogen (secondary N) is 2. The lowest BCUT2D eigenvalue weighted by Gasteiger charge is -2.28. The first-order chi connectivity index (χ1) is 10.7. The molecule has 0 aromatic heterocycles. The Morgan fingerprint density at radius 3 is 2.55 bits per heavy atom. The highest BCUT2D eigenvalue weighted by atomic mass is 16.5. The molecule has 5 heteroatoms. The number of rotatable bonds is 8. The molecule has 0 aromatic rings. The van der Waals surface area contributed by atoms with Crippen molar-refractivity contribution in [3.05, 3.63) is 0 Å². The Hall–Kier alpha value is -1.26. The lowest BCUT2D eigenvalue weighted by atomic mass is 9.87. The van der Waals surface area contributed by atoms with Gasteiger partial charge in [0.15, 0.2) is 5.96 Å². The van der Waals surface area contributed by atoms with Gasteiger partial charge in [-0.1, -0.05) is 13.3 Å². The maximum Gasteiger partial charge on any atom is 0.305 e. The van der Waals surface area contributed by atoms with Gasteiger partial charge in [-0.15, -0.1) is 0 Å². The average molecular weight is 311 g/mol. The van der Waals surface area contributed by atoms with Gasteiger partial charge in [0.05, 0.1) is 7.11 Å². The first-order valence-electron chi connectivity index (χ1n) is 8.77. The lowest BCUT2D eigenvalue weighted by Crippen LogP contribution is -2.44. The highest BCUT2D eigenvalue weighted by Crippen LogP contribution is 2.23. The summed E-state index contributed by atoms with van der Waals surface area (Å²) in [4.78, 5) is 15.7. The molecule has 0 spiro atoms. The molecule has 0 saturated heterocycles. The van der Waals surface area contributed by atoms with Gasteiger partial charge in [-0.25, -0.2) is 0 Å². The summed E-state index contributed by atoms with van der Waals surface area (Å²) < 4.78 is 4.63. The van der Waals surface area contributed by atoms with Gasteiger partial charge in [0.1, 0.15) is 0 Å². The topological polar surface area (TPSA) is 62.7 Å². The summed E-state index contributed by atoms with van der Waals surface area (Å²) in [5, 5.41) is 6.88. The molecule has 22 heavy (non-hydrogen) atoms. The largest absolute Gasteiger partial charge is 0.469 e. The van der Waals surface area contributed by atoms with Crippen molar-refractivity contribution in [2.75, 3.05) is 20.2 Å². The summed E-state index contributed by atoms with van der Waals surface area (Å²) in [5.41, 5.74) is 0. The highest BCUT2D eigenvalue weighted by Gasteiger charge is 2.18. The predicted octanol–water partition coefficient (Wildman–Crippen LogP) is 2.85. The molecule has 0 atom stereocenters. The minimum Gasteiger partial charge on any atom is -0.469 e. The van der Waals surface area contributed by atoms with E-state index in [2.05, 4.69) is 34.2 Å². The van der Waals surface area contributed by atoms with E-state index in [1.807, 2.05) is 0 Å². The molecule has 0 bridgehead atoms. The highest BCUT2D eigenvalue weighted by molar-refractivity contribution is 5.80. The van der Waals surface area contributed by atoms with Crippen LogP contribution >= 0.6 is 0 Å². The molecule has 0 aliphatic heterocycles. The fourth-order valence-corrected chi connectivity index (χ4v) is 2.77. The smallest absolute Gasteiger partial charge is 0.305 e. The van der Waals surface area contributed by atoms with Gasteiger partial charge in [0.2, 0.25) is 0 Å². The molecule has 0 unspecified atom stereocenters. The average Bonchev–Trinajstić information content (AvgIpc) is 2.52. The normalized spacial score (nSPS) is 22.2. The van der Waals surface area contributed by atoms with Crippen molar-refractivity contribution in [3.63, 3.8) is 0 Å². The van der Waals surface area contributed by atoms with Crippen molar-refractivity contribution in [3.8, 4) is 0 Å². The van der Waals surface area contributed by atoms with Gasteiger partial charge >= 0.3 is 5.97 Å². The molecule has 0 heterocycles. The maximum atomic E-state index is 11.0. The molecular weight excluding hydrogens is 278 g/mol. The molecule has 0 amide bonds. The van der Waals surface area contributed by atoms with Gasteiger partial charge in [-0.2, -0.15) is 0 Å². The summed E-state index contributed by atoms with van der Waals surface area (Å²) in [5.74, 6) is 1.69. The third-order valence-electron chi connectivity index (χ3n) is 4.24. The minimum atomic E-state index is -0.120. The number of nitrogens with zero attached hydrogens (tertiary/aromatic N) is 1. The van der Waals surface area contributed by atoms with E-state index in [9.17, 15) is 4.79 Å². The molecule has 0 radical (unpaired) electrons. The monoisotopic (exact) mass is 311 g/mol. The van der Waals surface area contributed by atoms with Crippen molar-refractivity contribution in [1.29, 1.82) is 0 Å². The molecule has 1 aliphatic rings. The van der Waals surface area contributed by atoms with Crippen molar-refractivity contribution < 1.29 is 9.53 Å². The van der Waals surface area contributed by atoms with E-state index in [1.165, 1.54) is 32.8 Å². The fourth-order valence-electron chi connectivity index (χ4n) is 2.77. The van der Waals surface area contributed by atoms with Gasteiger partial charge in [0, 0.05) is 25.6 Å². The first-order valence-corrected chi connectivity index (χ1v) is 8.77.